The van der Waals surface area contributed by atoms with E-state index in [1.165, 1.54) is 0 Å². The van der Waals surface area contributed by atoms with Gasteiger partial charge < -0.3 is 10.5 Å². The van der Waals surface area contributed by atoms with Crippen LogP contribution in [-0.2, 0) is 6.42 Å². The average Bonchev–Trinajstić information content (AvgIpc) is 2.55. The van der Waals surface area contributed by atoms with Gasteiger partial charge in [-0.2, -0.15) is 0 Å². The van der Waals surface area contributed by atoms with E-state index in [1.807, 2.05) is 30.3 Å². The molecule has 1 aromatic heterocycles. The molecule has 2 N–H and O–H groups in total. The molecule has 0 fully saturated rings. The summed E-state index contributed by atoms with van der Waals surface area (Å²) < 4.78 is 5.91. The van der Waals surface area contributed by atoms with Gasteiger partial charge in [-0.3, -0.25) is 4.98 Å². The molecule has 0 bridgehead atoms. The minimum Gasteiger partial charge on any atom is -0.455 e. The highest BCUT2D eigenvalue weighted by Crippen LogP contribution is 2.40. The normalized spacial score (nSPS) is 17.3. The Kier molecular flexibility index (Phi) is 2.94. The summed E-state index contributed by atoms with van der Waals surface area (Å²) in [4.78, 5) is 4.40. The third-order valence-electron chi connectivity index (χ3n) is 3.22. The largest absolute Gasteiger partial charge is 0.455 e. The molecule has 0 amide bonds. The lowest BCUT2D eigenvalue weighted by Gasteiger charge is -2.12. The van der Waals surface area contributed by atoms with E-state index in [9.17, 15) is 0 Å². The number of fused-ring (bicyclic) bond motifs is 2. The Morgan fingerprint density at radius 1 is 1.28 bits per heavy atom. The number of nitrogens with two attached hydrogens (primary N) is 1. The predicted octanol–water partition coefficient (Wildman–Crippen LogP) is 3.13. The molecule has 1 aromatic carbocycles. The number of aromatic nitrogens is 1. The van der Waals surface area contributed by atoms with E-state index in [1.54, 1.807) is 6.20 Å². The smallest absolute Gasteiger partial charge is 0.149 e. The van der Waals surface area contributed by atoms with Crippen molar-refractivity contribution in [3.63, 3.8) is 0 Å². The van der Waals surface area contributed by atoms with Crippen LogP contribution in [0.15, 0.2) is 36.5 Å². The monoisotopic (exact) mass is 260 g/mol. The number of hydrogen-bond acceptors (Lipinski definition) is 3. The molecule has 0 saturated heterocycles. The Morgan fingerprint density at radius 2 is 2.11 bits per heavy atom. The number of pyridine rings is 1. The molecule has 0 spiro atoms. The van der Waals surface area contributed by atoms with Crippen LogP contribution < -0.4 is 10.5 Å². The number of benzene rings is 1. The Balaban J connectivity index is 2.16. The zero-order valence-corrected chi connectivity index (χ0v) is 10.5. The zero-order valence-electron chi connectivity index (χ0n) is 9.77. The van der Waals surface area contributed by atoms with Gasteiger partial charge in [0.15, 0.2) is 0 Å². The fraction of sp³-hybridized carbons (Fsp3) is 0.214. The van der Waals surface area contributed by atoms with Crippen LogP contribution in [0.25, 0.3) is 0 Å². The first-order chi connectivity index (χ1) is 8.79. The minimum atomic E-state index is 0.141. The second-order valence-electron chi connectivity index (χ2n) is 4.34. The lowest BCUT2D eigenvalue weighted by atomic mass is 9.96. The molecule has 1 aliphatic heterocycles. The molecule has 2 aromatic rings. The van der Waals surface area contributed by atoms with Crippen LogP contribution in [-0.4, -0.2) is 11.5 Å². The number of nitrogens with zero attached hydrogens (tertiary/aromatic N) is 1. The summed E-state index contributed by atoms with van der Waals surface area (Å²) in [5.41, 5.74) is 7.77. The molecule has 0 radical (unpaired) electrons. The molecular weight excluding hydrogens is 248 g/mol. The average molecular weight is 261 g/mol. The van der Waals surface area contributed by atoms with E-state index in [2.05, 4.69) is 4.98 Å². The van der Waals surface area contributed by atoms with Crippen LogP contribution >= 0.6 is 11.6 Å². The second kappa shape index (κ2) is 4.59. The highest BCUT2D eigenvalue weighted by molar-refractivity contribution is 6.31. The highest BCUT2D eigenvalue weighted by Gasteiger charge is 2.24. The van der Waals surface area contributed by atoms with Gasteiger partial charge in [0.05, 0.1) is 5.69 Å². The fourth-order valence-corrected chi connectivity index (χ4v) is 2.53. The first kappa shape index (κ1) is 11.5. The van der Waals surface area contributed by atoms with Crippen LogP contribution in [0.1, 0.15) is 17.2 Å². The van der Waals surface area contributed by atoms with Gasteiger partial charge in [-0.15, -0.1) is 0 Å². The molecule has 0 saturated carbocycles. The van der Waals surface area contributed by atoms with Gasteiger partial charge in [-0.1, -0.05) is 17.7 Å². The Morgan fingerprint density at radius 3 is 2.94 bits per heavy atom. The van der Waals surface area contributed by atoms with Crippen LogP contribution in [0.4, 0.5) is 0 Å². The lowest BCUT2D eigenvalue weighted by molar-refractivity contribution is 0.474. The van der Waals surface area contributed by atoms with Gasteiger partial charge in [0.2, 0.25) is 0 Å². The summed E-state index contributed by atoms with van der Waals surface area (Å²) >= 11 is 6.24. The van der Waals surface area contributed by atoms with Crippen molar-refractivity contribution in [1.82, 2.24) is 4.98 Å². The van der Waals surface area contributed by atoms with Crippen molar-refractivity contribution < 1.29 is 4.74 Å². The van der Waals surface area contributed by atoms with Crippen molar-refractivity contribution in [1.29, 1.82) is 0 Å². The van der Waals surface area contributed by atoms with E-state index >= 15 is 0 Å². The SMILES string of the molecule is NC[C@@H]1Cc2c(Cl)cccc2Oc2cccnc21. The van der Waals surface area contributed by atoms with E-state index in [-0.39, 0.29) is 5.92 Å². The van der Waals surface area contributed by atoms with Gasteiger partial charge in [-0.25, -0.2) is 0 Å². The van der Waals surface area contributed by atoms with E-state index in [0.717, 1.165) is 34.2 Å². The fourth-order valence-electron chi connectivity index (χ4n) is 2.28. The maximum absolute atomic E-state index is 6.24. The highest BCUT2D eigenvalue weighted by atomic mass is 35.5. The Bertz CT molecular complexity index is 586. The van der Waals surface area contributed by atoms with Gasteiger partial charge in [-0.05, 0) is 30.7 Å². The number of ether oxygens (including phenoxy) is 1. The third kappa shape index (κ3) is 1.85. The van der Waals surface area contributed by atoms with E-state index in [0.29, 0.717) is 6.54 Å². The van der Waals surface area contributed by atoms with Crippen molar-refractivity contribution in [2.75, 3.05) is 6.54 Å². The first-order valence-electron chi connectivity index (χ1n) is 5.90. The van der Waals surface area contributed by atoms with Crippen LogP contribution in [0, 0.1) is 0 Å². The summed E-state index contributed by atoms with van der Waals surface area (Å²) in [6, 6.07) is 9.47. The quantitative estimate of drug-likeness (QED) is 0.857. The van der Waals surface area contributed by atoms with Crippen molar-refractivity contribution in [3.8, 4) is 11.5 Å². The molecule has 3 rings (SSSR count). The van der Waals surface area contributed by atoms with Crippen LogP contribution in [0.2, 0.25) is 5.02 Å². The third-order valence-corrected chi connectivity index (χ3v) is 3.57. The molecule has 18 heavy (non-hydrogen) atoms. The van der Waals surface area contributed by atoms with Gasteiger partial charge in [0.25, 0.3) is 0 Å². The van der Waals surface area contributed by atoms with Crippen molar-refractivity contribution in [3.05, 3.63) is 52.8 Å². The summed E-state index contributed by atoms with van der Waals surface area (Å²) in [6.45, 7) is 0.526. The number of hydrogen-bond donors (Lipinski definition) is 1. The topological polar surface area (TPSA) is 48.1 Å². The Hall–Kier alpha value is -1.58. The van der Waals surface area contributed by atoms with Crippen molar-refractivity contribution >= 4 is 11.6 Å². The summed E-state index contributed by atoms with van der Waals surface area (Å²) in [5.74, 6) is 1.71. The molecule has 92 valence electrons. The standard InChI is InChI=1S/C14H13ClN2O/c15-11-3-1-4-12-10(11)7-9(8-16)14-13(18-12)5-2-6-17-14/h1-6,9H,7-8,16H2/t9-/m0/s1. The van der Waals surface area contributed by atoms with Crippen molar-refractivity contribution in [2.24, 2.45) is 5.73 Å². The lowest BCUT2D eigenvalue weighted by Crippen LogP contribution is -2.15. The summed E-state index contributed by atoms with van der Waals surface area (Å²) in [5, 5.41) is 0.721. The first-order valence-corrected chi connectivity index (χ1v) is 6.27. The van der Waals surface area contributed by atoms with Gasteiger partial charge in [0, 0.05) is 29.2 Å². The van der Waals surface area contributed by atoms with Gasteiger partial charge in [0.1, 0.15) is 11.5 Å². The minimum absolute atomic E-state index is 0.141. The molecule has 3 nitrogen and oxygen atoms in total. The number of rotatable bonds is 1. The van der Waals surface area contributed by atoms with E-state index in [4.69, 9.17) is 22.1 Å². The maximum Gasteiger partial charge on any atom is 0.149 e. The summed E-state index contributed by atoms with van der Waals surface area (Å²) in [6.07, 6.45) is 2.53. The Labute approximate surface area is 111 Å². The number of halogens is 1. The molecule has 4 heteroatoms. The molecule has 0 aliphatic carbocycles. The predicted molar refractivity (Wildman–Crippen MR) is 71.3 cm³/mol. The summed E-state index contributed by atoms with van der Waals surface area (Å²) in [7, 11) is 0. The molecule has 2 heterocycles. The van der Waals surface area contributed by atoms with Crippen LogP contribution in [0.5, 0.6) is 11.5 Å². The molecule has 1 aliphatic rings. The van der Waals surface area contributed by atoms with Crippen molar-refractivity contribution in [2.45, 2.75) is 12.3 Å². The molecular formula is C14H13ClN2O. The zero-order chi connectivity index (χ0) is 12.5. The maximum atomic E-state index is 6.24. The molecule has 1 atom stereocenters. The molecule has 0 unspecified atom stereocenters. The van der Waals surface area contributed by atoms with Crippen LogP contribution in [0.3, 0.4) is 0 Å². The second-order valence-corrected chi connectivity index (χ2v) is 4.75. The van der Waals surface area contributed by atoms with Gasteiger partial charge >= 0.3 is 0 Å². The van der Waals surface area contributed by atoms with E-state index < -0.39 is 0 Å².